The smallest absolute Gasteiger partial charge is 0.306 e. The summed E-state index contributed by atoms with van der Waals surface area (Å²) in [5.74, 6) is 0.853. The molecular weight excluding hydrogens is 326 g/mol. The molecule has 3 atom stereocenters. The van der Waals surface area contributed by atoms with Crippen LogP contribution < -0.4 is 9.47 Å². The molecule has 1 aromatic carbocycles. The van der Waals surface area contributed by atoms with Crippen LogP contribution in [0.25, 0.3) is 0 Å². The average Bonchev–Trinajstić information content (AvgIpc) is 3.41. The van der Waals surface area contributed by atoms with Gasteiger partial charge in [-0.15, -0.1) is 0 Å². The van der Waals surface area contributed by atoms with Gasteiger partial charge in [0.25, 0.3) is 0 Å². The molecule has 134 valence electrons. The molecule has 1 amide bonds. The van der Waals surface area contributed by atoms with Crippen molar-refractivity contribution in [2.75, 3.05) is 32.9 Å². The van der Waals surface area contributed by atoms with Crippen LogP contribution in [0.4, 0.5) is 0 Å². The summed E-state index contributed by atoms with van der Waals surface area (Å²) < 4.78 is 16.6. The number of carbonyl (C=O) groups is 2. The second kappa shape index (κ2) is 6.55. The number of morpholine rings is 1. The van der Waals surface area contributed by atoms with Gasteiger partial charge in [-0.3, -0.25) is 9.59 Å². The highest BCUT2D eigenvalue weighted by Gasteiger charge is 2.46. The average molecular weight is 347 g/mol. The quantitative estimate of drug-likeness (QED) is 0.883. The van der Waals surface area contributed by atoms with Crippen molar-refractivity contribution in [3.05, 3.63) is 23.8 Å². The summed E-state index contributed by atoms with van der Waals surface area (Å²) in [5.41, 5.74) is 1.10. The van der Waals surface area contributed by atoms with Crippen LogP contribution >= 0.6 is 0 Å². The van der Waals surface area contributed by atoms with Crippen molar-refractivity contribution in [1.82, 2.24) is 4.90 Å². The number of benzene rings is 1. The number of amides is 1. The normalized spacial score (nSPS) is 27.7. The lowest BCUT2D eigenvalue weighted by molar-refractivity contribution is -0.148. The van der Waals surface area contributed by atoms with E-state index in [1.807, 2.05) is 18.2 Å². The molecule has 2 fully saturated rings. The lowest BCUT2D eigenvalue weighted by atomic mass is 10.1. The molecule has 1 saturated carbocycles. The van der Waals surface area contributed by atoms with Crippen molar-refractivity contribution < 1.29 is 28.9 Å². The molecule has 1 N–H and O–H groups in total. The van der Waals surface area contributed by atoms with Gasteiger partial charge in [0.1, 0.15) is 13.2 Å². The number of carbonyl (C=O) groups excluding carboxylic acids is 1. The fourth-order valence-corrected chi connectivity index (χ4v) is 3.60. The van der Waals surface area contributed by atoms with Gasteiger partial charge < -0.3 is 24.2 Å². The Morgan fingerprint density at radius 3 is 2.76 bits per heavy atom. The lowest BCUT2D eigenvalue weighted by Crippen LogP contribution is -2.47. The van der Waals surface area contributed by atoms with Gasteiger partial charge in [0.15, 0.2) is 11.5 Å². The number of carboxylic acids is 1. The number of hydrogen-bond donors (Lipinski definition) is 1. The first kappa shape index (κ1) is 16.2. The van der Waals surface area contributed by atoms with Crippen LogP contribution in [0.1, 0.15) is 24.3 Å². The number of hydrogen-bond acceptors (Lipinski definition) is 5. The van der Waals surface area contributed by atoms with Gasteiger partial charge in [0, 0.05) is 19.0 Å². The van der Waals surface area contributed by atoms with Crippen LogP contribution in [0, 0.1) is 5.92 Å². The van der Waals surface area contributed by atoms with E-state index in [9.17, 15) is 9.59 Å². The first-order chi connectivity index (χ1) is 12.1. The van der Waals surface area contributed by atoms with E-state index in [4.69, 9.17) is 19.3 Å². The third-order valence-electron chi connectivity index (χ3n) is 4.95. The van der Waals surface area contributed by atoms with Crippen molar-refractivity contribution in [2.45, 2.75) is 24.9 Å². The van der Waals surface area contributed by atoms with Crippen LogP contribution in [-0.4, -0.2) is 60.9 Å². The third kappa shape index (κ3) is 3.42. The molecule has 0 bridgehead atoms. The molecule has 4 rings (SSSR count). The highest BCUT2D eigenvalue weighted by atomic mass is 16.6. The molecule has 7 nitrogen and oxygen atoms in total. The second-order valence-corrected chi connectivity index (χ2v) is 6.73. The van der Waals surface area contributed by atoms with Gasteiger partial charge in [-0.2, -0.15) is 0 Å². The van der Waals surface area contributed by atoms with Crippen LogP contribution in [0.15, 0.2) is 18.2 Å². The highest BCUT2D eigenvalue weighted by molar-refractivity contribution is 5.83. The topological polar surface area (TPSA) is 85.3 Å². The molecule has 1 saturated heterocycles. The van der Waals surface area contributed by atoms with Crippen molar-refractivity contribution in [3.8, 4) is 11.5 Å². The summed E-state index contributed by atoms with van der Waals surface area (Å²) in [6, 6.07) is 5.87. The molecule has 0 aromatic heterocycles. The van der Waals surface area contributed by atoms with Crippen LogP contribution in [0.5, 0.6) is 11.5 Å². The zero-order valence-corrected chi connectivity index (χ0v) is 13.8. The minimum absolute atomic E-state index is 0.0360. The molecule has 1 aromatic rings. The summed E-state index contributed by atoms with van der Waals surface area (Å²) in [6.07, 6.45) is 0.334. The maximum atomic E-state index is 12.7. The second-order valence-electron chi connectivity index (χ2n) is 6.73. The van der Waals surface area contributed by atoms with Crippen molar-refractivity contribution in [1.29, 1.82) is 0 Å². The van der Waals surface area contributed by atoms with Crippen molar-refractivity contribution in [3.63, 3.8) is 0 Å². The van der Waals surface area contributed by atoms with E-state index >= 15 is 0 Å². The Balaban J connectivity index is 1.39. The molecule has 3 aliphatic rings. The molecule has 1 aliphatic carbocycles. The Morgan fingerprint density at radius 2 is 1.96 bits per heavy atom. The minimum Gasteiger partial charge on any atom is -0.486 e. The first-order valence-corrected chi connectivity index (χ1v) is 8.63. The standard InChI is InChI=1S/C18H21NO6/c20-17(21)8-12-10-19(3-4-23-12)18(22)14-9-13(14)11-1-2-15-16(7-11)25-6-5-24-15/h1-2,7,12-14H,3-6,8-10H2,(H,20,21)/t12-,13-,14+/m1/s1. The largest absolute Gasteiger partial charge is 0.486 e. The zero-order valence-electron chi connectivity index (χ0n) is 13.8. The van der Waals surface area contributed by atoms with Gasteiger partial charge in [0.2, 0.25) is 5.91 Å². The Bertz CT molecular complexity index is 690. The van der Waals surface area contributed by atoms with E-state index in [1.165, 1.54) is 0 Å². The van der Waals surface area contributed by atoms with E-state index in [-0.39, 0.29) is 24.2 Å². The minimum atomic E-state index is -0.903. The van der Waals surface area contributed by atoms with Crippen LogP contribution in [-0.2, 0) is 14.3 Å². The third-order valence-corrected chi connectivity index (χ3v) is 4.95. The summed E-state index contributed by atoms with van der Waals surface area (Å²) >= 11 is 0. The van der Waals surface area contributed by atoms with Gasteiger partial charge in [-0.05, 0) is 30.0 Å². The Morgan fingerprint density at radius 1 is 1.16 bits per heavy atom. The SMILES string of the molecule is O=C(O)C[C@@H]1CN(C(=O)[C@H]2C[C@@H]2c2ccc3c(c2)OCCO3)CCO1. The predicted octanol–water partition coefficient (Wildman–Crippen LogP) is 1.26. The number of fused-ring (bicyclic) bond motifs is 1. The number of carboxylic acid groups (broad SMARTS) is 1. The van der Waals surface area contributed by atoms with Crippen LogP contribution in [0.2, 0.25) is 0 Å². The zero-order chi connectivity index (χ0) is 17.4. The fraction of sp³-hybridized carbons (Fsp3) is 0.556. The van der Waals surface area contributed by atoms with E-state index in [0.29, 0.717) is 32.9 Å². The number of rotatable bonds is 4. The van der Waals surface area contributed by atoms with E-state index in [2.05, 4.69) is 0 Å². The van der Waals surface area contributed by atoms with Crippen molar-refractivity contribution >= 4 is 11.9 Å². The molecule has 0 unspecified atom stereocenters. The monoisotopic (exact) mass is 347 g/mol. The van der Waals surface area contributed by atoms with Gasteiger partial charge in [-0.25, -0.2) is 0 Å². The van der Waals surface area contributed by atoms with Gasteiger partial charge in [0.05, 0.1) is 19.1 Å². The molecule has 7 heteroatoms. The molecule has 2 heterocycles. The Kier molecular flexibility index (Phi) is 4.25. The predicted molar refractivity (Wildman–Crippen MR) is 86.9 cm³/mol. The summed E-state index contributed by atoms with van der Waals surface area (Å²) in [5, 5.41) is 8.89. The van der Waals surface area contributed by atoms with E-state index in [0.717, 1.165) is 23.5 Å². The number of nitrogens with zero attached hydrogens (tertiary/aromatic N) is 1. The van der Waals surface area contributed by atoms with Crippen LogP contribution in [0.3, 0.4) is 0 Å². The van der Waals surface area contributed by atoms with E-state index < -0.39 is 12.1 Å². The maximum Gasteiger partial charge on any atom is 0.306 e. The Labute approximate surface area is 145 Å². The molecule has 0 radical (unpaired) electrons. The van der Waals surface area contributed by atoms with E-state index in [1.54, 1.807) is 4.90 Å². The Hall–Kier alpha value is -2.28. The molecular formula is C18H21NO6. The number of ether oxygens (including phenoxy) is 3. The van der Waals surface area contributed by atoms with Gasteiger partial charge in [-0.1, -0.05) is 6.07 Å². The highest BCUT2D eigenvalue weighted by Crippen LogP contribution is 2.50. The lowest BCUT2D eigenvalue weighted by Gasteiger charge is -2.32. The summed E-state index contributed by atoms with van der Waals surface area (Å²) in [7, 11) is 0. The first-order valence-electron chi connectivity index (χ1n) is 8.63. The fourth-order valence-electron chi connectivity index (χ4n) is 3.60. The molecule has 2 aliphatic heterocycles. The molecule has 25 heavy (non-hydrogen) atoms. The summed E-state index contributed by atoms with van der Waals surface area (Å²) in [6.45, 7) is 2.38. The molecule has 0 spiro atoms. The summed E-state index contributed by atoms with van der Waals surface area (Å²) in [4.78, 5) is 25.3. The number of aliphatic carboxylic acids is 1. The van der Waals surface area contributed by atoms with Gasteiger partial charge >= 0.3 is 5.97 Å². The van der Waals surface area contributed by atoms with Crippen molar-refractivity contribution in [2.24, 2.45) is 5.92 Å². The maximum absolute atomic E-state index is 12.7.